The molecule has 1 aromatic rings. The predicted octanol–water partition coefficient (Wildman–Crippen LogP) is 3.09. The molecule has 114 valence electrons. The van der Waals surface area contributed by atoms with Crippen LogP contribution in [0.15, 0.2) is 18.2 Å². The lowest BCUT2D eigenvalue weighted by atomic mass is 10.1. The Hall–Kier alpha value is -1.06. The molecule has 0 atom stereocenters. The Morgan fingerprint density at radius 3 is 2.40 bits per heavy atom. The molecule has 0 amide bonds. The van der Waals surface area contributed by atoms with Crippen molar-refractivity contribution in [3.63, 3.8) is 0 Å². The van der Waals surface area contributed by atoms with Crippen molar-refractivity contribution >= 4 is 5.69 Å². The first kappa shape index (κ1) is 17.0. The highest BCUT2D eigenvalue weighted by atomic mass is 16.3. The molecule has 1 rings (SSSR count). The van der Waals surface area contributed by atoms with Crippen LogP contribution in [0.4, 0.5) is 5.69 Å². The molecule has 2 N–H and O–H groups in total. The summed E-state index contributed by atoms with van der Waals surface area (Å²) in [6.45, 7) is 13.0. The first-order chi connectivity index (χ1) is 9.45. The van der Waals surface area contributed by atoms with Gasteiger partial charge in [-0.15, -0.1) is 0 Å². The molecule has 0 bridgehead atoms. The summed E-state index contributed by atoms with van der Waals surface area (Å²) in [6, 6.07) is 7.62. The van der Waals surface area contributed by atoms with E-state index in [0.29, 0.717) is 12.1 Å². The van der Waals surface area contributed by atoms with Gasteiger partial charge in [0.05, 0.1) is 0 Å². The lowest BCUT2D eigenvalue weighted by Crippen LogP contribution is -2.32. The van der Waals surface area contributed by atoms with Crippen molar-refractivity contribution in [3.05, 3.63) is 29.3 Å². The smallest absolute Gasteiger partial charge is 0.0447 e. The summed E-state index contributed by atoms with van der Waals surface area (Å²) >= 11 is 0. The average molecular weight is 278 g/mol. The van der Waals surface area contributed by atoms with Crippen LogP contribution >= 0.6 is 0 Å². The molecule has 20 heavy (non-hydrogen) atoms. The van der Waals surface area contributed by atoms with E-state index in [0.717, 1.165) is 19.5 Å². The number of hydrogen-bond acceptors (Lipinski definition) is 3. The fourth-order valence-corrected chi connectivity index (χ4v) is 2.30. The molecule has 0 saturated carbocycles. The average Bonchev–Trinajstić information content (AvgIpc) is 2.37. The van der Waals surface area contributed by atoms with E-state index in [4.69, 9.17) is 5.11 Å². The van der Waals surface area contributed by atoms with Gasteiger partial charge in [-0.05, 0) is 50.5 Å². The van der Waals surface area contributed by atoms with Crippen LogP contribution in [0.5, 0.6) is 0 Å². The number of nitrogens with one attached hydrogen (secondary N) is 1. The molecule has 3 heteroatoms. The van der Waals surface area contributed by atoms with E-state index >= 15 is 0 Å². The minimum atomic E-state index is 0.249. The van der Waals surface area contributed by atoms with Gasteiger partial charge < -0.3 is 15.3 Å². The number of rotatable bonds is 8. The minimum absolute atomic E-state index is 0.249. The highest BCUT2D eigenvalue weighted by molar-refractivity contribution is 5.51. The van der Waals surface area contributed by atoms with E-state index in [2.05, 4.69) is 63.0 Å². The molecule has 0 radical (unpaired) electrons. The van der Waals surface area contributed by atoms with Crippen molar-refractivity contribution in [2.45, 2.75) is 59.7 Å². The van der Waals surface area contributed by atoms with Crippen LogP contribution in [0.3, 0.4) is 0 Å². The summed E-state index contributed by atoms with van der Waals surface area (Å²) in [4.78, 5) is 2.35. The van der Waals surface area contributed by atoms with Crippen molar-refractivity contribution < 1.29 is 5.11 Å². The zero-order valence-electron chi connectivity index (χ0n) is 13.6. The fourth-order valence-electron chi connectivity index (χ4n) is 2.30. The topological polar surface area (TPSA) is 35.5 Å². The molecule has 0 heterocycles. The summed E-state index contributed by atoms with van der Waals surface area (Å²) < 4.78 is 0. The lowest BCUT2D eigenvalue weighted by Gasteiger charge is -2.29. The van der Waals surface area contributed by atoms with Crippen LogP contribution in [0.1, 0.15) is 45.2 Å². The number of benzene rings is 1. The SMILES string of the molecule is Cc1cc(N(CCCO)C(C)C)ccc1CNC(C)C. The number of nitrogens with zero attached hydrogens (tertiary/aromatic N) is 1. The Morgan fingerprint density at radius 2 is 1.90 bits per heavy atom. The van der Waals surface area contributed by atoms with E-state index < -0.39 is 0 Å². The zero-order chi connectivity index (χ0) is 15.1. The van der Waals surface area contributed by atoms with Gasteiger partial charge in [-0.1, -0.05) is 19.9 Å². The molecule has 0 aliphatic heterocycles. The molecule has 3 nitrogen and oxygen atoms in total. The molecule has 1 aromatic carbocycles. The molecule has 0 aliphatic carbocycles. The third-order valence-corrected chi connectivity index (χ3v) is 3.54. The molecule has 0 spiro atoms. The van der Waals surface area contributed by atoms with Gasteiger partial charge >= 0.3 is 0 Å². The summed E-state index contributed by atoms with van der Waals surface area (Å²) in [6.07, 6.45) is 0.813. The molecule has 0 unspecified atom stereocenters. The maximum atomic E-state index is 9.03. The molecule has 0 saturated heterocycles. The predicted molar refractivity (Wildman–Crippen MR) is 87.3 cm³/mol. The second kappa shape index (κ2) is 8.28. The van der Waals surface area contributed by atoms with Crippen LogP contribution in [-0.4, -0.2) is 30.3 Å². The van der Waals surface area contributed by atoms with Crippen LogP contribution in [0.25, 0.3) is 0 Å². The molecular formula is C17H30N2O. The van der Waals surface area contributed by atoms with Crippen LogP contribution < -0.4 is 10.2 Å². The van der Waals surface area contributed by atoms with Gasteiger partial charge in [-0.3, -0.25) is 0 Å². The Kier molecular flexibility index (Phi) is 7.03. The highest BCUT2D eigenvalue weighted by Crippen LogP contribution is 2.21. The van der Waals surface area contributed by atoms with Crippen molar-refractivity contribution in [1.29, 1.82) is 0 Å². The maximum Gasteiger partial charge on any atom is 0.0447 e. The Morgan fingerprint density at radius 1 is 1.20 bits per heavy atom. The quantitative estimate of drug-likeness (QED) is 0.767. The molecule has 0 fully saturated rings. The second-order valence-corrected chi connectivity index (χ2v) is 6.01. The summed E-state index contributed by atoms with van der Waals surface area (Å²) in [7, 11) is 0. The van der Waals surface area contributed by atoms with Gasteiger partial charge in [0, 0.05) is 37.5 Å². The monoisotopic (exact) mass is 278 g/mol. The van der Waals surface area contributed by atoms with E-state index in [1.165, 1.54) is 16.8 Å². The normalized spacial score (nSPS) is 11.4. The van der Waals surface area contributed by atoms with Crippen molar-refractivity contribution in [2.75, 3.05) is 18.1 Å². The molecule has 0 aromatic heterocycles. The van der Waals surface area contributed by atoms with Crippen LogP contribution in [0, 0.1) is 6.92 Å². The number of aryl methyl sites for hydroxylation is 1. The largest absolute Gasteiger partial charge is 0.396 e. The van der Waals surface area contributed by atoms with Gasteiger partial charge in [0.2, 0.25) is 0 Å². The van der Waals surface area contributed by atoms with Crippen molar-refractivity contribution in [2.24, 2.45) is 0 Å². The first-order valence-corrected chi connectivity index (χ1v) is 7.66. The first-order valence-electron chi connectivity index (χ1n) is 7.66. The van der Waals surface area contributed by atoms with Crippen LogP contribution in [0.2, 0.25) is 0 Å². The number of anilines is 1. The van der Waals surface area contributed by atoms with E-state index in [-0.39, 0.29) is 6.61 Å². The third-order valence-electron chi connectivity index (χ3n) is 3.54. The van der Waals surface area contributed by atoms with E-state index in [1.54, 1.807) is 0 Å². The fraction of sp³-hybridized carbons (Fsp3) is 0.647. The lowest BCUT2D eigenvalue weighted by molar-refractivity contribution is 0.288. The Balaban J connectivity index is 2.82. The van der Waals surface area contributed by atoms with Crippen LogP contribution in [-0.2, 0) is 6.54 Å². The molecule has 0 aliphatic rings. The summed E-state index contributed by atoms with van der Waals surface area (Å²) in [5.41, 5.74) is 3.93. The maximum absolute atomic E-state index is 9.03. The zero-order valence-corrected chi connectivity index (χ0v) is 13.6. The summed E-state index contributed by atoms with van der Waals surface area (Å²) in [5, 5.41) is 12.5. The third kappa shape index (κ3) is 5.14. The van der Waals surface area contributed by atoms with Gasteiger partial charge in [0.1, 0.15) is 0 Å². The van der Waals surface area contributed by atoms with Gasteiger partial charge in [0.25, 0.3) is 0 Å². The Bertz CT molecular complexity index is 402. The number of aliphatic hydroxyl groups is 1. The minimum Gasteiger partial charge on any atom is -0.396 e. The molecular weight excluding hydrogens is 248 g/mol. The number of hydrogen-bond donors (Lipinski definition) is 2. The summed E-state index contributed by atoms with van der Waals surface area (Å²) in [5.74, 6) is 0. The van der Waals surface area contributed by atoms with Crippen molar-refractivity contribution in [1.82, 2.24) is 5.32 Å². The second-order valence-electron chi connectivity index (χ2n) is 6.01. The van der Waals surface area contributed by atoms with E-state index in [9.17, 15) is 0 Å². The van der Waals surface area contributed by atoms with E-state index in [1.807, 2.05) is 0 Å². The van der Waals surface area contributed by atoms with Gasteiger partial charge in [-0.25, -0.2) is 0 Å². The highest BCUT2D eigenvalue weighted by Gasteiger charge is 2.11. The van der Waals surface area contributed by atoms with Gasteiger partial charge in [0.15, 0.2) is 0 Å². The Labute approximate surface area is 124 Å². The standard InChI is InChI=1S/C17H30N2O/c1-13(2)18-12-16-7-8-17(11-15(16)5)19(14(3)4)9-6-10-20/h7-8,11,13-14,18,20H,6,9-10,12H2,1-5H3. The number of aliphatic hydroxyl groups excluding tert-OH is 1. The van der Waals surface area contributed by atoms with Crippen molar-refractivity contribution in [3.8, 4) is 0 Å². The van der Waals surface area contributed by atoms with Gasteiger partial charge in [-0.2, -0.15) is 0 Å².